The van der Waals surface area contributed by atoms with Crippen molar-refractivity contribution in [2.75, 3.05) is 18.2 Å². The number of benzene rings is 1. The van der Waals surface area contributed by atoms with Gasteiger partial charge in [0.2, 0.25) is 5.91 Å². The number of hydrogen-bond acceptors (Lipinski definition) is 9. The first-order chi connectivity index (χ1) is 18.8. The van der Waals surface area contributed by atoms with Gasteiger partial charge in [0.15, 0.2) is 17.4 Å². The molecule has 1 aromatic carbocycles. The molecule has 4 aromatic heterocycles. The van der Waals surface area contributed by atoms with Crippen LogP contribution >= 0.6 is 0 Å². The third-order valence-electron chi connectivity index (χ3n) is 6.06. The van der Waals surface area contributed by atoms with Crippen LogP contribution in [-0.2, 0) is 4.79 Å². The van der Waals surface area contributed by atoms with Gasteiger partial charge in [-0.25, -0.2) is 29.3 Å². The van der Waals surface area contributed by atoms with E-state index < -0.39 is 5.82 Å². The van der Waals surface area contributed by atoms with E-state index in [1.807, 2.05) is 6.92 Å². The minimum atomic E-state index is -0.643. The van der Waals surface area contributed by atoms with Crippen molar-refractivity contribution in [3.05, 3.63) is 66.1 Å². The number of aryl methyl sites for hydroxylation is 2. The normalized spacial score (nSPS) is 11.0. The van der Waals surface area contributed by atoms with Crippen molar-refractivity contribution in [1.29, 1.82) is 0 Å². The Morgan fingerprint density at radius 1 is 1.10 bits per heavy atom. The van der Waals surface area contributed by atoms with Gasteiger partial charge in [0, 0.05) is 41.7 Å². The zero-order valence-electron chi connectivity index (χ0n) is 21.7. The van der Waals surface area contributed by atoms with Crippen LogP contribution in [0.15, 0.2) is 49.1 Å². The van der Waals surface area contributed by atoms with Gasteiger partial charge in [0.05, 0.1) is 30.2 Å². The molecule has 0 aliphatic heterocycles. The van der Waals surface area contributed by atoms with Crippen molar-refractivity contribution in [1.82, 2.24) is 29.5 Å². The van der Waals surface area contributed by atoms with Crippen LogP contribution in [0.25, 0.3) is 28.1 Å². The Hall–Kier alpha value is -5.13. The highest BCUT2D eigenvalue weighted by atomic mass is 19.1. The Balaban J connectivity index is 1.68. The molecule has 5 aromatic rings. The second-order valence-corrected chi connectivity index (χ2v) is 8.64. The standard InChI is InChI=1S/C27H25FN8O3/c1-5-21(37)35-16-10-20(38-4)23(31-12-16)24-15(3)22-25(26(29)33-13-32-22)36(24)17-6-7-19(18(28)11-17)39-27-30-9-8-14(2)34-27/h6-13H,5H2,1-4H3,(H,35,37)(H2,29,32,33). The molecular formula is C27H25FN8O3. The number of nitrogens with two attached hydrogens (primary N) is 1. The maximum atomic E-state index is 15.4. The number of hydrogen-bond donors (Lipinski definition) is 2. The Labute approximate surface area is 222 Å². The van der Waals surface area contributed by atoms with Crippen LogP contribution in [0, 0.1) is 19.7 Å². The number of amides is 1. The van der Waals surface area contributed by atoms with Gasteiger partial charge in [0.25, 0.3) is 0 Å². The molecule has 0 spiro atoms. The zero-order valence-corrected chi connectivity index (χ0v) is 21.7. The number of pyridine rings is 1. The summed E-state index contributed by atoms with van der Waals surface area (Å²) in [7, 11) is 1.50. The highest BCUT2D eigenvalue weighted by Gasteiger charge is 2.25. The summed E-state index contributed by atoms with van der Waals surface area (Å²) in [5.74, 6) is -0.256. The molecule has 12 heteroatoms. The first kappa shape index (κ1) is 25.5. The van der Waals surface area contributed by atoms with E-state index in [0.29, 0.717) is 51.7 Å². The van der Waals surface area contributed by atoms with Crippen LogP contribution in [-0.4, -0.2) is 42.5 Å². The first-order valence-electron chi connectivity index (χ1n) is 12.0. The van der Waals surface area contributed by atoms with Crippen molar-refractivity contribution < 1.29 is 18.7 Å². The van der Waals surface area contributed by atoms with Gasteiger partial charge in [-0.2, -0.15) is 0 Å². The SMILES string of the molecule is CCC(=O)Nc1cnc(-c2c(C)c3ncnc(N)c3n2-c2ccc(Oc3nccc(C)n3)c(F)c2)c(OC)c1. The molecule has 0 unspecified atom stereocenters. The first-order valence-corrected chi connectivity index (χ1v) is 12.0. The molecule has 4 heterocycles. The van der Waals surface area contributed by atoms with Crippen LogP contribution in [0.5, 0.6) is 17.5 Å². The Morgan fingerprint density at radius 2 is 1.92 bits per heavy atom. The topological polar surface area (TPSA) is 143 Å². The molecule has 5 rings (SSSR count). The molecule has 0 aliphatic rings. The van der Waals surface area contributed by atoms with Crippen molar-refractivity contribution in [3.8, 4) is 34.6 Å². The summed E-state index contributed by atoms with van der Waals surface area (Å²) in [4.78, 5) is 33.3. The number of halogens is 1. The summed E-state index contributed by atoms with van der Waals surface area (Å²) in [5, 5.41) is 2.77. The molecule has 0 bridgehead atoms. The van der Waals surface area contributed by atoms with Gasteiger partial charge in [-0.15, -0.1) is 0 Å². The Kier molecular flexibility index (Phi) is 6.75. The number of nitrogens with zero attached hydrogens (tertiary/aromatic N) is 6. The van der Waals surface area contributed by atoms with Crippen LogP contribution in [0.3, 0.4) is 0 Å². The van der Waals surface area contributed by atoms with Crippen molar-refractivity contribution in [3.63, 3.8) is 0 Å². The fourth-order valence-corrected chi connectivity index (χ4v) is 4.20. The molecule has 11 nitrogen and oxygen atoms in total. The molecule has 0 saturated heterocycles. The number of fused-ring (bicyclic) bond motifs is 1. The predicted octanol–water partition coefficient (Wildman–Crippen LogP) is 4.76. The molecular weight excluding hydrogens is 503 g/mol. The van der Waals surface area contributed by atoms with E-state index in [4.69, 9.17) is 15.2 Å². The van der Waals surface area contributed by atoms with Crippen LogP contribution in [0.4, 0.5) is 15.9 Å². The highest BCUT2D eigenvalue weighted by Crippen LogP contribution is 2.40. The summed E-state index contributed by atoms with van der Waals surface area (Å²) < 4.78 is 28.3. The molecule has 0 atom stereocenters. The average molecular weight is 529 g/mol. The maximum absolute atomic E-state index is 15.4. The average Bonchev–Trinajstić information content (AvgIpc) is 3.23. The van der Waals surface area contributed by atoms with Gasteiger partial charge in [0.1, 0.15) is 23.3 Å². The van der Waals surface area contributed by atoms with Gasteiger partial charge < -0.3 is 25.1 Å². The molecule has 1 amide bonds. The molecule has 0 fully saturated rings. The number of carbonyl (C=O) groups is 1. The van der Waals surface area contributed by atoms with Gasteiger partial charge in [-0.3, -0.25) is 4.79 Å². The summed E-state index contributed by atoms with van der Waals surface area (Å²) >= 11 is 0. The number of carbonyl (C=O) groups excluding carboxylic acids is 1. The highest BCUT2D eigenvalue weighted by molar-refractivity contribution is 5.97. The van der Waals surface area contributed by atoms with Crippen LogP contribution in [0.1, 0.15) is 24.6 Å². The third-order valence-corrected chi connectivity index (χ3v) is 6.06. The number of nitrogen functional groups attached to an aromatic ring is 1. The van der Waals surface area contributed by atoms with E-state index >= 15 is 4.39 Å². The number of ether oxygens (including phenoxy) is 2. The monoisotopic (exact) mass is 528 g/mol. The Morgan fingerprint density at radius 3 is 2.64 bits per heavy atom. The van der Waals surface area contributed by atoms with E-state index in [1.54, 1.807) is 36.6 Å². The lowest BCUT2D eigenvalue weighted by Gasteiger charge is -2.16. The number of anilines is 2. The van der Waals surface area contributed by atoms with Crippen LogP contribution < -0.4 is 20.5 Å². The van der Waals surface area contributed by atoms with Gasteiger partial charge >= 0.3 is 6.01 Å². The summed E-state index contributed by atoms with van der Waals surface area (Å²) in [6.45, 7) is 5.40. The second kappa shape index (κ2) is 10.3. The lowest BCUT2D eigenvalue weighted by Crippen LogP contribution is -2.10. The number of methoxy groups -OCH3 is 1. The smallest absolute Gasteiger partial charge is 0.322 e. The van der Waals surface area contributed by atoms with E-state index in [9.17, 15) is 4.79 Å². The molecule has 0 saturated carbocycles. The lowest BCUT2D eigenvalue weighted by molar-refractivity contribution is -0.115. The lowest BCUT2D eigenvalue weighted by atomic mass is 10.1. The molecule has 0 radical (unpaired) electrons. The van der Waals surface area contributed by atoms with Gasteiger partial charge in [-0.05, 0) is 32.0 Å². The molecule has 198 valence electrons. The predicted molar refractivity (Wildman–Crippen MR) is 144 cm³/mol. The van der Waals surface area contributed by atoms with E-state index in [0.717, 1.165) is 5.56 Å². The van der Waals surface area contributed by atoms with E-state index in [-0.39, 0.29) is 23.5 Å². The van der Waals surface area contributed by atoms with Crippen molar-refractivity contribution in [2.45, 2.75) is 27.2 Å². The van der Waals surface area contributed by atoms with Gasteiger partial charge in [-0.1, -0.05) is 6.92 Å². The quantitative estimate of drug-likeness (QED) is 0.306. The van der Waals surface area contributed by atoms with Crippen molar-refractivity contribution >= 4 is 28.4 Å². The molecule has 3 N–H and O–H groups in total. The number of nitrogens with one attached hydrogen (secondary N) is 1. The summed E-state index contributed by atoms with van der Waals surface area (Å²) in [5.41, 5.74) is 10.7. The fraction of sp³-hybridized carbons (Fsp3) is 0.185. The minimum absolute atomic E-state index is 0.0337. The molecule has 39 heavy (non-hydrogen) atoms. The maximum Gasteiger partial charge on any atom is 0.322 e. The Bertz CT molecular complexity index is 1720. The largest absolute Gasteiger partial charge is 0.494 e. The minimum Gasteiger partial charge on any atom is -0.494 e. The third kappa shape index (κ3) is 4.79. The van der Waals surface area contributed by atoms with Crippen LogP contribution in [0.2, 0.25) is 0 Å². The number of aromatic nitrogens is 6. The molecule has 0 aliphatic carbocycles. The second-order valence-electron chi connectivity index (χ2n) is 8.64. The van der Waals surface area contributed by atoms with Crippen molar-refractivity contribution in [2.24, 2.45) is 0 Å². The zero-order chi connectivity index (χ0) is 27.7. The van der Waals surface area contributed by atoms with E-state index in [1.165, 1.54) is 38.0 Å². The van der Waals surface area contributed by atoms with E-state index in [2.05, 4.69) is 30.2 Å². The summed E-state index contributed by atoms with van der Waals surface area (Å²) in [6.07, 6.45) is 4.75. The fourth-order valence-electron chi connectivity index (χ4n) is 4.20. The number of rotatable bonds is 7. The summed E-state index contributed by atoms with van der Waals surface area (Å²) in [6, 6.07) is 7.88.